The molecule has 0 spiro atoms. The van der Waals surface area contributed by atoms with Crippen LogP contribution in [-0.2, 0) is 9.47 Å². The Bertz CT molecular complexity index is 386. The minimum absolute atomic E-state index is 0.0901. The van der Waals surface area contributed by atoms with E-state index in [-0.39, 0.29) is 12.2 Å². The van der Waals surface area contributed by atoms with Gasteiger partial charge in [0.15, 0.2) is 0 Å². The maximum Gasteiger partial charge on any atom is 0.134 e. The highest BCUT2D eigenvalue weighted by Crippen LogP contribution is 2.36. The van der Waals surface area contributed by atoms with Gasteiger partial charge in [-0.3, -0.25) is 0 Å². The van der Waals surface area contributed by atoms with Crippen LogP contribution in [0.1, 0.15) is 6.42 Å². The molecule has 5 heteroatoms. The van der Waals surface area contributed by atoms with E-state index < -0.39 is 0 Å². The van der Waals surface area contributed by atoms with Crippen molar-refractivity contribution in [2.75, 3.05) is 20.3 Å². The number of para-hydroxylation sites is 1. The summed E-state index contributed by atoms with van der Waals surface area (Å²) in [4.78, 5) is 0.363. The van der Waals surface area contributed by atoms with E-state index in [2.05, 4.69) is 31.9 Å². The van der Waals surface area contributed by atoms with Crippen LogP contribution in [0, 0.1) is 0 Å². The number of rotatable bonds is 6. The standard InChI is InChI=1S/C13H16Br2O3/c1-16-6-7-17-13-10(15)8-12(13)18-11-5-3-2-4-9(11)14/h2-5,10,12-13H,6-8H2,1H3. The zero-order valence-corrected chi connectivity index (χ0v) is 13.3. The number of alkyl halides is 1. The van der Waals surface area contributed by atoms with Crippen molar-refractivity contribution >= 4 is 31.9 Å². The van der Waals surface area contributed by atoms with Crippen LogP contribution in [-0.4, -0.2) is 37.4 Å². The van der Waals surface area contributed by atoms with Gasteiger partial charge in [0.05, 0.1) is 17.7 Å². The van der Waals surface area contributed by atoms with E-state index in [4.69, 9.17) is 14.2 Å². The fourth-order valence-corrected chi connectivity index (χ4v) is 3.06. The smallest absolute Gasteiger partial charge is 0.134 e. The largest absolute Gasteiger partial charge is 0.486 e. The first-order valence-electron chi connectivity index (χ1n) is 5.88. The Labute approximate surface area is 124 Å². The second-order valence-corrected chi connectivity index (χ2v) is 6.20. The third-order valence-electron chi connectivity index (χ3n) is 2.89. The van der Waals surface area contributed by atoms with E-state index in [9.17, 15) is 0 Å². The number of methoxy groups -OCH3 is 1. The van der Waals surface area contributed by atoms with Crippen LogP contribution in [0.5, 0.6) is 5.75 Å². The Morgan fingerprint density at radius 3 is 2.72 bits per heavy atom. The highest BCUT2D eigenvalue weighted by molar-refractivity contribution is 9.10. The summed E-state index contributed by atoms with van der Waals surface area (Å²) in [7, 11) is 1.67. The zero-order chi connectivity index (χ0) is 13.0. The normalized spacial score (nSPS) is 26.7. The summed E-state index contributed by atoms with van der Waals surface area (Å²) in [6.45, 7) is 1.21. The van der Waals surface area contributed by atoms with Gasteiger partial charge in [0.25, 0.3) is 0 Å². The fraction of sp³-hybridized carbons (Fsp3) is 0.538. The number of hydrogen-bond donors (Lipinski definition) is 0. The van der Waals surface area contributed by atoms with Gasteiger partial charge in [-0.05, 0) is 28.1 Å². The molecule has 0 saturated heterocycles. The lowest BCUT2D eigenvalue weighted by Crippen LogP contribution is -2.52. The SMILES string of the molecule is COCCOC1C(Br)CC1Oc1ccccc1Br. The average Bonchev–Trinajstić information content (AvgIpc) is 2.36. The molecule has 1 fully saturated rings. The number of halogens is 2. The monoisotopic (exact) mass is 378 g/mol. The van der Waals surface area contributed by atoms with Crippen molar-refractivity contribution in [2.45, 2.75) is 23.5 Å². The maximum absolute atomic E-state index is 5.95. The van der Waals surface area contributed by atoms with Gasteiger partial charge < -0.3 is 14.2 Å². The lowest BCUT2D eigenvalue weighted by molar-refractivity contribution is -0.0867. The van der Waals surface area contributed by atoms with Crippen LogP contribution in [0.25, 0.3) is 0 Å². The third-order valence-corrected chi connectivity index (χ3v) is 4.44. The molecule has 18 heavy (non-hydrogen) atoms. The molecule has 1 aliphatic carbocycles. The Hall–Kier alpha value is -0.100. The average molecular weight is 380 g/mol. The fourth-order valence-electron chi connectivity index (χ4n) is 1.83. The van der Waals surface area contributed by atoms with E-state index in [0.717, 1.165) is 16.6 Å². The molecule has 1 aromatic carbocycles. The van der Waals surface area contributed by atoms with E-state index in [1.165, 1.54) is 0 Å². The summed E-state index contributed by atoms with van der Waals surface area (Å²) in [5.41, 5.74) is 0. The van der Waals surface area contributed by atoms with E-state index in [1.807, 2.05) is 24.3 Å². The number of ether oxygens (including phenoxy) is 3. The van der Waals surface area contributed by atoms with Gasteiger partial charge in [0.2, 0.25) is 0 Å². The molecule has 1 aliphatic rings. The quantitative estimate of drug-likeness (QED) is 0.560. The van der Waals surface area contributed by atoms with Crippen LogP contribution >= 0.6 is 31.9 Å². The summed E-state index contributed by atoms with van der Waals surface area (Å²) in [5, 5.41) is 0. The molecule has 3 nitrogen and oxygen atoms in total. The Morgan fingerprint density at radius 2 is 2.06 bits per heavy atom. The summed E-state index contributed by atoms with van der Waals surface area (Å²) >= 11 is 7.07. The molecular weight excluding hydrogens is 364 g/mol. The Balaban J connectivity index is 1.88. The van der Waals surface area contributed by atoms with Crippen molar-refractivity contribution in [3.63, 3.8) is 0 Å². The second-order valence-electron chi connectivity index (χ2n) is 4.17. The zero-order valence-electron chi connectivity index (χ0n) is 10.1. The van der Waals surface area contributed by atoms with Gasteiger partial charge in [0, 0.05) is 18.4 Å². The van der Waals surface area contributed by atoms with E-state index >= 15 is 0 Å². The van der Waals surface area contributed by atoms with Crippen LogP contribution < -0.4 is 4.74 Å². The predicted molar refractivity (Wildman–Crippen MR) is 77.5 cm³/mol. The van der Waals surface area contributed by atoms with Crippen LogP contribution in [0.15, 0.2) is 28.7 Å². The molecule has 3 atom stereocenters. The van der Waals surface area contributed by atoms with Gasteiger partial charge in [-0.1, -0.05) is 28.1 Å². The molecule has 0 aliphatic heterocycles. The molecule has 0 amide bonds. The van der Waals surface area contributed by atoms with Gasteiger partial charge in [0.1, 0.15) is 18.0 Å². The van der Waals surface area contributed by atoms with E-state index in [1.54, 1.807) is 7.11 Å². The lowest BCUT2D eigenvalue weighted by atomic mass is 9.91. The van der Waals surface area contributed by atoms with Crippen molar-refractivity contribution in [3.05, 3.63) is 28.7 Å². The molecule has 0 heterocycles. The molecule has 0 aromatic heterocycles. The minimum Gasteiger partial charge on any atom is -0.486 e. The molecule has 0 radical (unpaired) electrons. The van der Waals surface area contributed by atoms with Crippen molar-refractivity contribution < 1.29 is 14.2 Å². The topological polar surface area (TPSA) is 27.7 Å². The van der Waals surface area contributed by atoms with Crippen LogP contribution in [0.2, 0.25) is 0 Å². The molecule has 2 rings (SSSR count). The van der Waals surface area contributed by atoms with Gasteiger partial charge in [-0.25, -0.2) is 0 Å². The third kappa shape index (κ3) is 3.47. The Morgan fingerprint density at radius 1 is 1.28 bits per heavy atom. The van der Waals surface area contributed by atoms with Crippen molar-refractivity contribution in [1.29, 1.82) is 0 Å². The first-order chi connectivity index (χ1) is 8.72. The van der Waals surface area contributed by atoms with Crippen LogP contribution in [0.3, 0.4) is 0 Å². The highest BCUT2D eigenvalue weighted by atomic mass is 79.9. The molecule has 1 saturated carbocycles. The van der Waals surface area contributed by atoms with E-state index in [0.29, 0.717) is 18.0 Å². The molecule has 3 unspecified atom stereocenters. The maximum atomic E-state index is 5.95. The predicted octanol–water partition coefficient (Wildman–Crippen LogP) is 3.40. The minimum atomic E-state index is 0.0901. The number of benzene rings is 1. The first-order valence-corrected chi connectivity index (χ1v) is 7.59. The van der Waals surface area contributed by atoms with Crippen molar-refractivity contribution in [2.24, 2.45) is 0 Å². The van der Waals surface area contributed by atoms with Gasteiger partial charge in [-0.2, -0.15) is 0 Å². The van der Waals surface area contributed by atoms with Crippen molar-refractivity contribution in [1.82, 2.24) is 0 Å². The molecule has 1 aromatic rings. The van der Waals surface area contributed by atoms with Crippen molar-refractivity contribution in [3.8, 4) is 5.75 Å². The number of hydrogen-bond acceptors (Lipinski definition) is 3. The first kappa shape index (κ1) is 14.3. The second kappa shape index (κ2) is 6.89. The highest BCUT2D eigenvalue weighted by Gasteiger charge is 2.42. The molecule has 100 valence electrons. The molecule has 0 N–H and O–H groups in total. The summed E-state index contributed by atoms with van der Waals surface area (Å²) < 4.78 is 17.6. The molecular formula is C13H16Br2O3. The molecule has 0 bridgehead atoms. The van der Waals surface area contributed by atoms with Crippen LogP contribution in [0.4, 0.5) is 0 Å². The summed E-state index contributed by atoms with van der Waals surface area (Å²) in [6, 6.07) is 7.86. The van der Waals surface area contributed by atoms with Gasteiger partial charge >= 0.3 is 0 Å². The summed E-state index contributed by atoms with van der Waals surface area (Å²) in [5.74, 6) is 0.863. The lowest BCUT2D eigenvalue weighted by Gasteiger charge is -2.41. The summed E-state index contributed by atoms with van der Waals surface area (Å²) in [6.07, 6.45) is 1.15. The van der Waals surface area contributed by atoms with Gasteiger partial charge in [-0.15, -0.1) is 0 Å². The Kier molecular flexibility index (Phi) is 5.48.